The third kappa shape index (κ3) is 5.26. The minimum Gasteiger partial charge on any atom is -0.452 e. The van der Waals surface area contributed by atoms with Crippen molar-refractivity contribution in [3.63, 3.8) is 0 Å². The van der Waals surface area contributed by atoms with E-state index in [1.807, 2.05) is 66.7 Å². The molecule has 12 aromatic rings. The predicted octanol–water partition coefficient (Wildman–Crippen LogP) is 13.6. The van der Waals surface area contributed by atoms with Gasteiger partial charge < -0.3 is 4.42 Å². The number of hydrogen-bond donors (Lipinski definition) is 0. The molecule has 7 aromatic carbocycles. The number of rotatable bonds is 5. The molecular formula is C49H27N5OS2. The Morgan fingerprint density at radius 3 is 1.82 bits per heavy atom. The van der Waals surface area contributed by atoms with Crippen LogP contribution >= 0.6 is 22.7 Å². The summed E-state index contributed by atoms with van der Waals surface area (Å²) in [6.45, 7) is 0. The maximum absolute atomic E-state index is 6.39. The highest BCUT2D eigenvalue weighted by atomic mass is 32.1. The summed E-state index contributed by atoms with van der Waals surface area (Å²) in [5.41, 5.74) is 7.84. The predicted molar refractivity (Wildman–Crippen MR) is 236 cm³/mol. The van der Waals surface area contributed by atoms with E-state index in [-0.39, 0.29) is 0 Å². The first-order chi connectivity index (χ1) is 28.2. The summed E-state index contributed by atoms with van der Waals surface area (Å²) >= 11 is 3.54. The van der Waals surface area contributed by atoms with Crippen LogP contribution in [0.2, 0.25) is 0 Å². The van der Waals surface area contributed by atoms with Crippen LogP contribution in [-0.2, 0) is 0 Å². The van der Waals surface area contributed by atoms with Crippen LogP contribution in [0.4, 0.5) is 0 Å². The lowest BCUT2D eigenvalue weighted by molar-refractivity contribution is 0.667. The number of benzene rings is 7. The Kier molecular flexibility index (Phi) is 7.17. The smallest absolute Gasteiger partial charge is 0.180 e. The molecule has 5 heterocycles. The van der Waals surface area contributed by atoms with Crippen molar-refractivity contribution in [3.05, 3.63) is 164 Å². The highest BCUT2D eigenvalue weighted by Gasteiger charge is 2.21. The first kappa shape index (κ1) is 32.1. The van der Waals surface area contributed by atoms with Crippen LogP contribution in [0.5, 0.6) is 0 Å². The molecule has 6 nitrogen and oxygen atoms in total. The van der Waals surface area contributed by atoms with E-state index in [2.05, 4.69) is 97.1 Å². The van der Waals surface area contributed by atoms with Crippen molar-refractivity contribution in [1.29, 1.82) is 0 Å². The number of nitrogens with zero attached hydrogens (tertiary/aromatic N) is 5. The van der Waals surface area contributed by atoms with Gasteiger partial charge in [0, 0.05) is 73.5 Å². The number of aromatic nitrogens is 5. The number of furan rings is 1. The molecule has 0 unspecified atom stereocenters. The zero-order valence-electron chi connectivity index (χ0n) is 30.0. The second-order valence-electron chi connectivity index (χ2n) is 14.0. The summed E-state index contributed by atoms with van der Waals surface area (Å²) in [6.07, 6.45) is 0. The van der Waals surface area contributed by atoms with E-state index in [4.69, 9.17) is 29.3 Å². The summed E-state index contributed by atoms with van der Waals surface area (Å²) in [5, 5.41) is 5.73. The van der Waals surface area contributed by atoms with Crippen molar-refractivity contribution in [2.45, 2.75) is 0 Å². The molecule has 266 valence electrons. The fourth-order valence-corrected chi connectivity index (χ4v) is 10.2. The lowest BCUT2D eigenvalue weighted by atomic mass is 10.1. The van der Waals surface area contributed by atoms with Crippen molar-refractivity contribution in [3.8, 4) is 56.8 Å². The maximum atomic E-state index is 6.39. The molecule has 0 amide bonds. The molecule has 0 fully saturated rings. The Morgan fingerprint density at radius 2 is 1.00 bits per heavy atom. The van der Waals surface area contributed by atoms with Gasteiger partial charge in [-0.15, -0.1) is 22.7 Å². The van der Waals surface area contributed by atoms with Crippen molar-refractivity contribution in [2.75, 3.05) is 0 Å². The van der Waals surface area contributed by atoms with Gasteiger partial charge in [-0.1, -0.05) is 115 Å². The zero-order valence-corrected chi connectivity index (χ0v) is 31.7. The molecule has 0 spiro atoms. The van der Waals surface area contributed by atoms with E-state index in [0.29, 0.717) is 28.9 Å². The summed E-state index contributed by atoms with van der Waals surface area (Å²) in [5.74, 6) is 2.57. The Bertz CT molecular complexity index is 3540. The highest BCUT2D eigenvalue weighted by molar-refractivity contribution is 7.26. The third-order valence-electron chi connectivity index (χ3n) is 10.6. The first-order valence-corrected chi connectivity index (χ1v) is 20.3. The van der Waals surface area contributed by atoms with Crippen molar-refractivity contribution >= 4 is 85.1 Å². The zero-order chi connectivity index (χ0) is 37.5. The van der Waals surface area contributed by atoms with Gasteiger partial charge in [-0.2, -0.15) is 0 Å². The largest absolute Gasteiger partial charge is 0.452 e. The van der Waals surface area contributed by atoms with Gasteiger partial charge in [0.1, 0.15) is 16.8 Å². The van der Waals surface area contributed by atoms with E-state index >= 15 is 0 Å². The molecule has 0 bridgehead atoms. The third-order valence-corrected chi connectivity index (χ3v) is 12.9. The van der Waals surface area contributed by atoms with Crippen molar-refractivity contribution in [1.82, 2.24) is 24.9 Å². The van der Waals surface area contributed by atoms with Gasteiger partial charge in [0.2, 0.25) is 0 Å². The molecular weight excluding hydrogens is 739 g/mol. The van der Waals surface area contributed by atoms with E-state index in [0.717, 1.165) is 70.2 Å². The molecule has 5 aromatic heterocycles. The van der Waals surface area contributed by atoms with Crippen LogP contribution in [0, 0.1) is 0 Å². The quantitative estimate of drug-likeness (QED) is 0.174. The number of fused-ring (bicyclic) bond motifs is 9. The van der Waals surface area contributed by atoms with Crippen molar-refractivity contribution < 1.29 is 4.42 Å². The molecule has 0 saturated heterocycles. The van der Waals surface area contributed by atoms with Crippen LogP contribution in [0.15, 0.2) is 168 Å². The van der Waals surface area contributed by atoms with E-state index in [9.17, 15) is 0 Å². The molecule has 0 aliphatic carbocycles. The van der Waals surface area contributed by atoms with Gasteiger partial charge in [-0.05, 0) is 48.5 Å². The van der Waals surface area contributed by atoms with Crippen LogP contribution in [0.3, 0.4) is 0 Å². The minimum absolute atomic E-state index is 0.627. The number of hydrogen-bond acceptors (Lipinski definition) is 8. The lowest BCUT2D eigenvalue weighted by Gasteiger charge is -2.09. The molecule has 12 rings (SSSR count). The molecule has 0 aliphatic rings. The van der Waals surface area contributed by atoms with Crippen LogP contribution in [-0.4, -0.2) is 24.9 Å². The van der Waals surface area contributed by atoms with Gasteiger partial charge in [0.25, 0.3) is 0 Å². The van der Waals surface area contributed by atoms with Crippen LogP contribution < -0.4 is 0 Å². The van der Waals surface area contributed by atoms with E-state index < -0.39 is 0 Å². The van der Waals surface area contributed by atoms with E-state index in [1.165, 1.54) is 20.2 Å². The Balaban J connectivity index is 1.02. The highest BCUT2D eigenvalue weighted by Crippen LogP contribution is 2.43. The molecule has 8 heteroatoms. The van der Waals surface area contributed by atoms with Gasteiger partial charge >= 0.3 is 0 Å². The van der Waals surface area contributed by atoms with Crippen LogP contribution in [0.1, 0.15) is 0 Å². The summed E-state index contributed by atoms with van der Waals surface area (Å²) in [7, 11) is 0. The minimum atomic E-state index is 0.627. The average molecular weight is 766 g/mol. The summed E-state index contributed by atoms with van der Waals surface area (Å²) in [4.78, 5) is 25.6. The maximum Gasteiger partial charge on any atom is 0.180 e. The SMILES string of the molecule is c1ccc(-c2nc(-c3ccc4c(c3)sc3c(-c5nc(-c6ccccc6)c6oc7ccccc7c6n5)cccc34)nc(-c3ccc4sc5ccccc5c4c3)n2)cc1. The summed E-state index contributed by atoms with van der Waals surface area (Å²) in [6, 6.07) is 56.4. The standard InChI is InChI=1S/C49H27N5OS2/c1-3-12-28(13-4-1)42-44-43(35-17-7-9-20-38(35)55-44)51-49(50-42)36-19-11-18-34-33-24-22-31(27-41(33)57-45(34)36)48-53-46(29-14-5-2-6-15-29)52-47(54-48)30-23-25-40-37(26-30)32-16-8-10-21-39(32)56-40/h1-27H. The topological polar surface area (TPSA) is 77.6 Å². The second kappa shape index (κ2) is 12.7. The van der Waals surface area contributed by atoms with Gasteiger partial charge in [0.15, 0.2) is 28.9 Å². The average Bonchev–Trinajstić information content (AvgIpc) is 3.97. The molecule has 0 atom stereocenters. The molecule has 0 aliphatic heterocycles. The summed E-state index contributed by atoms with van der Waals surface area (Å²) < 4.78 is 11.1. The number of para-hydroxylation sites is 1. The lowest BCUT2D eigenvalue weighted by Crippen LogP contribution is -2.00. The van der Waals surface area contributed by atoms with Gasteiger partial charge in [0.05, 0.1) is 0 Å². The first-order valence-electron chi connectivity index (χ1n) is 18.7. The fourth-order valence-electron chi connectivity index (χ4n) is 7.83. The molecule has 57 heavy (non-hydrogen) atoms. The second-order valence-corrected chi connectivity index (χ2v) is 16.2. The normalized spacial score (nSPS) is 11.9. The molecule has 0 saturated carbocycles. The Morgan fingerprint density at radius 1 is 0.368 bits per heavy atom. The fraction of sp³-hybridized carbons (Fsp3) is 0. The monoisotopic (exact) mass is 765 g/mol. The number of thiophene rings is 2. The Labute approximate surface area is 333 Å². The van der Waals surface area contributed by atoms with Crippen molar-refractivity contribution in [2.24, 2.45) is 0 Å². The van der Waals surface area contributed by atoms with E-state index in [1.54, 1.807) is 22.7 Å². The van der Waals surface area contributed by atoms with Crippen LogP contribution in [0.25, 0.3) is 119 Å². The van der Waals surface area contributed by atoms with Gasteiger partial charge in [-0.25, -0.2) is 24.9 Å². The Hall–Kier alpha value is -7.13. The molecule has 0 radical (unpaired) electrons. The molecule has 0 N–H and O–H groups in total. The van der Waals surface area contributed by atoms with Gasteiger partial charge in [-0.3, -0.25) is 0 Å².